The third-order valence-electron chi connectivity index (χ3n) is 1.53. The molecule has 15 heavy (non-hydrogen) atoms. The second-order valence-corrected chi connectivity index (χ2v) is 4.58. The molecule has 0 bridgehead atoms. The minimum atomic E-state index is -8.55. The Morgan fingerprint density at radius 2 is 1.20 bits per heavy atom. The normalized spacial score (nSPS) is 22.3. The van der Waals surface area contributed by atoms with E-state index in [9.17, 15) is 21.0 Å². The third kappa shape index (κ3) is 12.2. The van der Waals surface area contributed by atoms with E-state index in [0.717, 1.165) is 13.1 Å². The summed E-state index contributed by atoms with van der Waals surface area (Å²) in [6.45, 7) is 2.18. The molecule has 96 valence electrons. The van der Waals surface area contributed by atoms with E-state index < -0.39 is 8.16 Å². The number of hydrogen-bond donors (Lipinski definition) is 0. The van der Waals surface area contributed by atoms with Crippen LogP contribution in [0.1, 0.15) is 0 Å². The van der Waals surface area contributed by atoms with Gasteiger partial charge in [-0.15, -0.1) is 0 Å². The van der Waals surface area contributed by atoms with Crippen LogP contribution in [0.3, 0.4) is 0 Å². The first kappa shape index (κ1) is 17.6. The van der Waals surface area contributed by atoms with Crippen molar-refractivity contribution in [3.63, 3.8) is 0 Å². The van der Waals surface area contributed by atoms with Crippen LogP contribution in [0.4, 0.5) is 25.7 Å². The number of hydrogen-bond acceptors (Lipinski definition) is 2. The van der Waals surface area contributed by atoms with E-state index in [2.05, 4.69) is 9.80 Å². The van der Waals surface area contributed by atoms with Crippen molar-refractivity contribution in [3.05, 3.63) is 0 Å². The fourth-order valence-electron chi connectivity index (χ4n) is 0.865. The van der Waals surface area contributed by atoms with Gasteiger partial charge in [-0.05, 0) is 14.1 Å². The van der Waals surface area contributed by atoms with Gasteiger partial charge in [-0.3, -0.25) is 14.5 Å². The molecule has 0 atom stereocenters. The SMILES string of the molecule is CN1CCN(C)C1Cl.F.FP(F)(F)(F)F. The first-order valence-corrected chi connectivity index (χ1v) is 5.73. The minimum absolute atomic E-state index is 0. The molecule has 0 aliphatic carbocycles. The molecule has 0 aromatic heterocycles. The number of rotatable bonds is 0. The fraction of sp³-hybridized carbons (Fsp3) is 1.00. The first-order valence-electron chi connectivity index (χ1n) is 3.61. The van der Waals surface area contributed by atoms with Crippen LogP contribution in [0.2, 0.25) is 0 Å². The van der Waals surface area contributed by atoms with Crippen LogP contribution < -0.4 is 0 Å². The molecular formula is C5H12ClF6N2P. The molecule has 0 saturated carbocycles. The summed E-state index contributed by atoms with van der Waals surface area (Å²) < 4.78 is 49.2. The number of halogens is 7. The molecule has 2 nitrogen and oxygen atoms in total. The Balaban J connectivity index is 0. The van der Waals surface area contributed by atoms with Crippen LogP contribution in [0.25, 0.3) is 0 Å². The van der Waals surface area contributed by atoms with Crippen LogP contribution >= 0.6 is 19.8 Å². The Labute approximate surface area is 88.9 Å². The molecule has 10 heteroatoms. The molecule has 0 radical (unpaired) electrons. The van der Waals surface area contributed by atoms with E-state index in [0.29, 0.717) is 0 Å². The van der Waals surface area contributed by atoms with E-state index in [1.54, 1.807) is 0 Å². The molecule has 0 unspecified atom stereocenters. The van der Waals surface area contributed by atoms with Crippen LogP contribution in [0.15, 0.2) is 0 Å². The summed E-state index contributed by atoms with van der Waals surface area (Å²) >= 11 is 5.86. The van der Waals surface area contributed by atoms with Crippen LogP contribution in [-0.4, -0.2) is 42.6 Å². The maximum absolute atomic E-state index is 9.84. The van der Waals surface area contributed by atoms with E-state index in [4.69, 9.17) is 11.6 Å². The second kappa shape index (κ2) is 5.52. The molecule has 0 N–H and O–H groups in total. The fourth-order valence-corrected chi connectivity index (χ4v) is 1.06. The first-order chi connectivity index (χ1) is 5.95. The predicted molar refractivity (Wildman–Crippen MR) is 49.9 cm³/mol. The molecule has 1 saturated heterocycles. The van der Waals surface area contributed by atoms with Gasteiger partial charge in [-0.25, -0.2) is 0 Å². The van der Waals surface area contributed by atoms with Gasteiger partial charge >= 0.3 is 29.1 Å². The zero-order valence-electron chi connectivity index (χ0n) is 8.01. The number of likely N-dealkylation sites (N-methyl/N-ethyl adjacent to an activating group) is 2. The summed E-state index contributed by atoms with van der Waals surface area (Å²) in [6, 6.07) is 0. The summed E-state index contributed by atoms with van der Waals surface area (Å²) in [5, 5.41) is 0. The zero-order chi connectivity index (χ0) is 11.6. The summed E-state index contributed by atoms with van der Waals surface area (Å²) in [5.41, 5.74) is 0.120. The van der Waals surface area contributed by atoms with Gasteiger partial charge in [-0.2, -0.15) is 0 Å². The topological polar surface area (TPSA) is 6.48 Å². The summed E-state index contributed by atoms with van der Waals surface area (Å²) in [6.07, 6.45) is 0. The van der Waals surface area contributed by atoms with Crippen molar-refractivity contribution >= 4 is 19.8 Å². The Kier molecular flexibility index (Phi) is 6.48. The molecular weight excluding hydrogens is 268 g/mol. The van der Waals surface area contributed by atoms with E-state index in [1.807, 2.05) is 14.1 Å². The maximum atomic E-state index is 9.84. The molecule has 1 aliphatic heterocycles. The Hall–Kier alpha value is 0.220. The van der Waals surface area contributed by atoms with Crippen molar-refractivity contribution in [2.24, 2.45) is 0 Å². The van der Waals surface area contributed by atoms with E-state index in [1.165, 1.54) is 0 Å². The molecule has 0 aromatic carbocycles. The number of alkyl halides is 1. The second-order valence-electron chi connectivity index (χ2n) is 2.91. The average molecular weight is 281 g/mol. The Morgan fingerprint density at radius 3 is 1.27 bits per heavy atom. The van der Waals surface area contributed by atoms with Crippen molar-refractivity contribution in [2.75, 3.05) is 27.2 Å². The molecule has 0 aromatic rings. The third-order valence-corrected chi connectivity index (χ3v) is 2.20. The Morgan fingerprint density at radius 1 is 1.00 bits per heavy atom. The quantitative estimate of drug-likeness (QED) is 0.290. The standard InChI is InChI=1S/C5H11ClN2.F5P.FH/c1-7-3-4-8(2)5(7)6;1-6(2,3,4)5;/h5H,3-4H2,1-2H3;;1H. The number of nitrogens with zero attached hydrogens (tertiary/aromatic N) is 2. The monoisotopic (exact) mass is 280 g/mol. The van der Waals surface area contributed by atoms with Gasteiger partial charge in [0.1, 0.15) is 5.62 Å². The molecule has 1 heterocycles. The van der Waals surface area contributed by atoms with Crippen LogP contribution in [0.5, 0.6) is 0 Å². The van der Waals surface area contributed by atoms with Crippen LogP contribution in [-0.2, 0) is 0 Å². The zero-order valence-corrected chi connectivity index (χ0v) is 9.66. The van der Waals surface area contributed by atoms with Crippen molar-refractivity contribution in [1.82, 2.24) is 9.80 Å². The van der Waals surface area contributed by atoms with Crippen LogP contribution in [0, 0.1) is 0 Å². The summed E-state index contributed by atoms with van der Waals surface area (Å²) in [5.74, 6) is 0. The average Bonchev–Trinajstić information content (AvgIpc) is 2.14. The van der Waals surface area contributed by atoms with Crippen molar-refractivity contribution in [1.29, 1.82) is 0 Å². The van der Waals surface area contributed by atoms with Crippen molar-refractivity contribution < 1.29 is 25.7 Å². The van der Waals surface area contributed by atoms with Gasteiger partial charge < -0.3 is 0 Å². The van der Waals surface area contributed by atoms with Gasteiger partial charge in [0.05, 0.1) is 0 Å². The summed E-state index contributed by atoms with van der Waals surface area (Å²) in [7, 11) is -4.49. The molecule has 1 aliphatic rings. The van der Waals surface area contributed by atoms with Gasteiger partial charge in [-0.1, -0.05) is 11.6 Å². The van der Waals surface area contributed by atoms with Crippen molar-refractivity contribution in [2.45, 2.75) is 5.62 Å². The van der Waals surface area contributed by atoms with Gasteiger partial charge in [0.2, 0.25) is 0 Å². The van der Waals surface area contributed by atoms with E-state index in [-0.39, 0.29) is 10.3 Å². The van der Waals surface area contributed by atoms with E-state index >= 15 is 0 Å². The molecule has 1 rings (SSSR count). The predicted octanol–water partition coefficient (Wildman–Crippen LogP) is 3.50. The van der Waals surface area contributed by atoms with Crippen molar-refractivity contribution in [3.8, 4) is 0 Å². The Bertz CT molecular complexity index is 171. The van der Waals surface area contributed by atoms with Gasteiger partial charge in [0.15, 0.2) is 0 Å². The van der Waals surface area contributed by atoms with Gasteiger partial charge in [0, 0.05) is 13.1 Å². The molecule has 0 amide bonds. The molecule has 0 spiro atoms. The molecule has 1 fully saturated rings. The van der Waals surface area contributed by atoms with Gasteiger partial charge in [0.25, 0.3) is 0 Å². The summed E-state index contributed by atoms with van der Waals surface area (Å²) in [4.78, 5) is 4.23.